The molecule has 0 bridgehead atoms. The Labute approximate surface area is 129 Å². The van der Waals surface area contributed by atoms with E-state index in [1.807, 2.05) is 42.2 Å². The van der Waals surface area contributed by atoms with Gasteiger partial charge in [0.05, 0.1) is 13.2 Å². The van der Waals surface area contributed by atoms with Crippen molar-refractivity contribution < 1.29 is 14.1 Å². The van der Waals surface area contributed by atoms with Crippen molar-refractivity contribution in [2.45, 2.75) is 32.7 Å². The molecule has 0 spiro atoms. The van der Waals surface area contributed by atoms with E-state index in [0.29, 0.717) is 19.6 Å². The van der Waals surface area contributed by atoms with Crippen LogP contribution in [0.25, 0.3) is 11.3 Å². The van der Waals surface area contributed by atoms with Gasteiger partial charge in [0.25, 0.3) is 0 Å². The third-order valence-corrected chi connectivity index (χ3v) is 3.79. The Hall–Kier alpha value is -2.30. The van der Waals surface area contributed by atoms with Gasteiger partial charge in [-0.05, 0) is 44.0 Å². The quantitative estimate of drug-likeness (QED) is 0.850. The summed E-state index contributed by atoms with van der Waals surface area (Å²) in [5, 5.41) is 4.10. The predicted octanol–water partition coefficient (Wildman–Crippen LogP) is 3.25. The Kier molecular flexibility index (Phi) is 4.42. The minimum atomic E-state index is 0.199. The van der Waals surface area contributed by atoms with Gasteiger partial charge in [0.1, 0.15) is 11.4 Å². The topological polar surface area (TPSA) is 55.6 Å². The number of benzene rings is 1. The van der Waals surface area contributed by atoms with E-state index >= 15 is 0 Å². The number of rotatable bonds is 5. The lowest BCUT2D eigenvalue weighted by atomic mass is 10.1. The SMILES string of the molecule is CCOc1ccc(-c2cc(CN3CCCCC3=O)on2)cc1. The van der Waals surface area contributed by atoms with Crippen molar-refractivity contribution in [1.29, 1.82) is 0 Å². The van der Waals surface area contributed by atoms with E-state index in [-0.39, 0.29) is 5.91 Å². The number of hydrogen-bond acceptors (Lipinski definition) is 4. The summed E-state index contributed by atoms with van der Waals surface area (Å²) < 4.78 is 10.8. The van der Waals surface area contributed by atoms with Gasteiger partial charge in [-0.3, -0.25) is 4.79 Å². The molecule has 0 saturated carbocycles. The van der Waals surface area contributed by atoms with E-state index in [4.69, 9.17) is 9.26 Å². The number of piperidine rings is 1. The Morgan fingerprint density at radius 1 is 1.27 bits per heavy atom. The fourth-order valence-corrected chi connectivity index (χ4v) is 2.63. The van der Waals surface area contributed by atoms with Crippen LogP contribution >= 0.6 is 0 Å². The highest BCUT2D eigenvalue weighted by atomic mass is 16.5. The molecule has 1 aliphatic rings. The molecule has 0 aliphatic carbocycles. The molecule has 0 N–H and O–H groups in total. The predicted molar refractivity (Wildman–Crippen MR) is 82.4 cm³/mol. The summed E-state index contributed by atoms with van der Waals surface area (Å²) >= 11 is 0. The average molecular weight is 300 g/mol. The summed E-state index contributed by atoms with van der Waals surface area (Å²) in [7, 11) is 0. The highest BCUT2D eigenvalue weighted by Gasteiger charge is 2.20. The Morgan fingerprint density at radius 2 is 2.09 bits per heavy atom. The molecule has 116 valence electrons. The van der Waals surface area contributed by atoms with Crippen LogP contribution in [0.15, 0.2) is 34.9 Å². The number of carbonyl (C=O) groups is 1. The molecule has 5 nitrogen and oxygen atoms in total. The van der Waals surface area contributed by atoms with Gasteiger partial charge in [0, 0.05) is 24.6 Å². The van der Waals surface area contributed by atoms with Crippen LogP contribution in [0.2, 0.25) is 0 Å². The maximum Gasteiger partial charge on any atom is 0.222 e. The molecule has 22 heavy (non-hydrogen) atoms. The van der Waals surface area contributed by atoms with Gasteiger partial charge in [-0.25, -0.2) is 0 Å². The number of likely N-dealkylation sites (tertiary alicyclic amines) is 1. The minimum absolute atomic E-state index is 0.199. The summed E-state index contributed by atoms with van der Waals surface area (Å²) in [6, 6.07) is 9.65. The summed E-state index contributed by atoms with van der Waals surface area (Å²) in [6.45, 7) is 3.91. The second kappa shape index (κ2) is 6.64. The Morgan fingerprint density at radius 3 is 2.82 bits per heavy atom. The van der Waals surface area contributed by atoms with E-state index in [1.165, 1.54) is 0 Å². The fourth-order valence-electron chi connectivity index (χ4n) is 2.63. The first kappa shape index (κ1) is 14.6. The molecule has 3 rings (SSSR count). The minimum Gasteiger partial charge on any atom is -0.494 e. The maximum atomic E-state index is 11.8. The normalized spacial score (nSPS) is 15.1. The van der Waals surface area contributed by atoms with Gasteiger partial charge in [0.2, 0.25) is 5.91 Å². The number of nitrogens with zero attached hydrogens (tertiary/aromatic N) is 2. The zero-order valence-electron chi connectivity index (χ0n) is 12.7. The molecule has 1 aliphatic heterocycles. The van der Waals surface area contributed by atoms with Gasteiger partial charge in [-0.1, -0.05) is 5.16 Å². The van der Waals surface area contributed by atoms with Crippen LogP contribution in [-0.2, 0) is 11.3 Å². The van der Waals surface area contributed by atoms with Crippen LogP contribution in [0.1, 0.15) is 31.9 Å². The molecule has 0 unspecified atom stereocenters. The van der Waals surface area contributed by atoms with Gasteiger partial charge in [-0.2, -0.15) is 0 Å². The largest absolute Gasteiger partial charge is 0.494 e. The second-order valence-electron chi connectivity index (χ2n) is 5.41. The van der Waals surface area contributed by atoms with Crippen LogP contribution < -0.4 is 4.74 Å². The van der Waals surface area contributed by atoms with Crippen LogP contribution in [0, 0.1) is 0 Å². The molecule has 1 amide bonds. The van der Waals surface area contributed by atoms with Crippen molar-refractivity contribution in [2.24, 2.45) is 0 Å². The third-order valence-electron chi connectivity index (χ3n) is 3.79. The monoisotopic (exact) mass is 300 g/mol. The third kappa shape index (κ3) is 3.30. The Bertz CT molecular complexity index is 634. The lowest BCUT2D eigenvalue weighted by Gasteiger charge is -2.25. The molecular weight excluding hydrogens is 280 g/mol. The molecule has 1 aromatic heterocycles. The summed E-state index contributed by atoms with van der Waals surface area (Å²) in [4.78, 5) is 13.7. The molecule has 0 atom stereocenters. The fraction of sp³-hybridized carbons (Fsp3) is 0.412. The first-order chi connectivity index (χ1) is 10.8. The molecule has 1 saturated heterocycles. The molecule has 5 heteroatoms. The first-order valence-electron chi connectivity index (χ1n) is 7.73. The molecule has 1 fully saturated rings. The van der Waals surface area contributed by atoms with E-state index in [0.717, 1.165) is 42.2 Å². The lowest BCUT2D eigenvalue weighted by Crippen LogP contribution is -2.34. The van der Waals surface area contributed by atoms with Crippen molar-refractivity contribution in [3.63, 3.8) is 0 Å². The molecule has 2 aromatic rings. The lowest BCUT2D eigenvalue weighted by molar-refractivity contribution is -0.134. The van der Waals surface area contributed by atoms with Crippen LogP contribution in [0.4, 0.5) is 0 Å². The van der Waals surface area contributed by atoms with E-state index < -0.39 is 0 Å². The maximum absolute atomic E-state index is 11.8. The summed E-state index contributed by atoms with van der Waals surface area (Å²) in [6.07, 6.45) is 2.69. The number of carbonyl (C=O) groups excluding carboxylic acids is 1. The zero-order valence-corrected chi connectivity index (χ0v) is 12.7. The molecule has 2 heterocycles. The molecule has 0 radical (unpaired) electrons. The van der Waals surface area contributed by atoms with E-state index in [2.05, 4.69) is 5.16 Å². The number of amides is 1. The van der Waals surface area contributed by atoms with Gasteiger partial charge in [0.15, 0.2) is 5.76 Å². The number of hydrogen-bond donors (Lipinski definition) is 0. The van der Waals surface area contributed by atoms with Crippen LogP contribution in [0.5, 0.6) is 5.75 Å². The average Bonchev–Trinajstić information content (AvgIpc) is 2.99. The van der Waals surface area contributed by atoms with Crippen molar-refractivity contribution in [2.75, 3.05) is 13.2 Å². The van der Waals surface area contributed by atoms with Crippen LogP contribution in [0.3, 0.4) is 0 Å². The van der Waals surface area contributed by atoms with E-state index in [1.54, 1.807) is 0 Å². The summed E-state index contributed by atoms with van der Waals surface area (Å²) in [5.74, 6) is 1.76. The number of aromatic nitrogens is 1. The van der Waals surface area contributed by atoms with Crippen molar-refractivity contribution in [3.8, 4) is 17.0 Å². The standard InChI is InChI=1S/C17H20N2O3/c1-2-21-14-8-6-13(7-9-14)16-11-15(22-18-16)12-19-10-4-3-5-17(19)20/h6-9,11H,2-5,10,12H2,1H3. The zero-order chi connectivity index (χ0) is 15.4. The van der Waals surface area contributed by atoms with Crippen molar-refractivity contribution in [3.05, 3.63) is 36.1 Å². The molecular formula is C17H20N2O3. The van der Waals surface area contributed by atoms with Gasteiger partial charge in [-0.15, -0.1) is 0 Å². The number of ether oxygens (including phenoxy) is 1. The second-order valence-corrected chi connectivity index (χ2v) is 5.41. The Balaban J connectivity index is 1.69. The van der Waals surface area contributed by atoms with Crippen molar-refractivity contribution >= 4 is 5.91 Å². The highest BCUT2D eigenvalue weighted by molar-refractivity contribution is 5.76. The van der Waals surface area contributed by atoms with Gasteiger partial charge >= 0.3 is 0 Å². The summed E-state index contributed by atoms with van der Waals surface area (Å²) in [5.41, 5.74) is 1.76. The smallest absolute Gasteiger partial charge is 0.222 e. The van der Waals surface area contributed by atoms with Crippen molar-refractivity contribution in [1.82, 2.24) is 10.1 Å². The molecule has 1 aromatic carbocycles. The first-order valence-corrected chi connectivity index (χ1v) is 7.73. The van der Waals surface area contributed by atoms with E-state index in [9.17, 15) is 4.79 Å². The van der Waals surface area contributed by atoms with Crippen LogP contribution in [-0.4, -0.2) is 29.1 Å². The highest BCUT2D eigenvalue weighted by Crippen LogP contribution is 2.23. The van der Waals surface area contributed by atoms with Gasteiger partial charge < -0.3 is 14.2 Å².